The third-order valence-corrected chi connectivity index (χ3v) is 5.19. The van der Waals surface area contributed by atoms with Crippen molar-refractivity contribution < 1.29 is 8.42 Å². The second-order valence-corrected chi connectivity index (χ2v) is 7.04. The van der Waals surface area contributed by atoms with Crippen LogP contribution in [0.4, 0.5) is 0 Å². The minimum Gasteiger partial charge on any atom is -0.314 e. The molecule has 17 heavy (non-hydrogen) atoms. The number of hydrogen-bond donors (Lipinski definition) is 1. The van der Waals surface area contributed by atoms with Crippen molar-refractivity contribution in [2.24, 2.45) is 5.92 Å². The first-order valence-corrected chi connectivity index (χ1v) is 8.11. The summed E-state index contributed by atoms with van der Waals surface area (Å²) in [7, 11) is -2.97. The fourth-order valence-electron chi connectivity index (χ4n) is 2.89. The van der Waals surface area contributed by atoms with E-state index in [-0.39, 0.29) is 12.4 Å². The molecule has 2 saturated heterocycles. The Bertz CT molecular complexity index is 320. The molecule has 2 heterocycles. The Morgan fingerprint density at radius 3 is 2.24 bits per heavy atom. The zero-order valence-electron chi connectivity index (χ0n) is 10.4. The molecule has 2 fully saturated rings. The SMILES string of the molecule is CS(=O)(=O)N1CCC(C2CCCCN2)CC1.Cl. The molecule has 6 heteroatoms. The molecule has 0 spiro atoms. The molecule has 1 atom stereocenters. The number of hydrogen-bond acceptors (Lipinski definition) is 3. The quantitative estimate of drug-likeness (QED) is 0.829. The number of nitrogens with one attached hydrogen (secondary N) is 1. The monoisotopic (exact) mass is 282 g/mol. The van der Waals surface area contributed by atoms with E-state index in [2.05, 4.69) is 5.32 Å². The van der Waals surface area contributed by atoms with Crippen LogP contribution in [-0.4, -0.2) is 44.7 Å². The van der Waals surface area contributed by atoms with Crippen LogP contribution in [-0.2, 0) is 10.0 Å². The first kappa shape index (κ1) is 15.2. The van der Waals surface area contributed by atoms with Crippen molar-refractivity contribution in [2.45, 2.75) is 38.1 Å². The minimum atomic E-state index is -2.97. The molecule has 4 nitrogen and oxygen atoms in total. The van der Waals surface area contributed by atoms with Crippen LogP contribution in [0.2, 0.25) is 0 Å². The largest absolute Gasteiger partial charge is 0.314 e. The molecule has 1 N–H and O–H groups in total. The van der Waals surface area contributed by atoms with Gasteiger partial charge >= 0.3 is 0 Å². The van der Waals surface area contributed by atoms with Crippen molar-refractivity contribution in [3.8, 4) is 0 Å². The summed E-state index contributed by atoms with van der Waals surface area (Å²) in [6.45, 7) is 2.56. The zero-order chi connectivity index (χ0) is 11.6. The van der Waals surface area contributed by atoms with Gasteiger partial charge in [-0.3, -0.25) is 0 Å². The van der Waals surface area contributed by atoms with Gasteiger partial charge in [-0.05, 0) is 38.1 Å². The van der Waals surface area contributed by atoms with Crippen molar-refractivity contribution in [3.63, 3.8) is 0 Å². The van der Waals surface area contributed by atoms with Crippen molar-refractivity contribution in [2.75, 3.05) is 25.9 Å². The second-order valence-electron chi connectivity index (χ2n) is 5.06. The Kier molecular flexibility index (Phi) is 5.70. The number of piperidine rings is 2. The molecule has 0 aromatic heterocycles. The van der Waals surface area contributed by atoms with Crippen LogP contribution in [0.25, 0.3) is 0 Å². The third-order valence-electron chi connectivity index (χ3n) is 3.89. The van der Waals surface area contributed by atoms with Gasteiger partial charge in [-0.25, -0.2) is 12.7 Å². The molecule has 0 amide bonds. The van der Waals surface area contributed by atoms with Crippen LogP contribution < -0.4 is 5.32 Å². The number of rotatable bonds is 2. The average molecular weight is 283 g/mol. The van der Waals surface area contributed by atoms with Crippen LogP contribution in [0.3, 0.4) is 0 Å². The van der Waals surface area contributed by atoms with E-state index in [1.807, 2.05) is 0 Å². The van der Waals surface area contributed by atoms with Gasteiger partial charge in [-0.1, -0.05) is 6.42 Å². The van der Waals surface area contributed by atoms with E-state index in [4.69, 9.17) is 0 Å². The Labute approximate surface area is 111 Å². The van der Waals surface area contributed by atoms with Crippen LogP contribution in [0.15, 0.2) is 0 Å². The van der Waals surface area contributed by atoms with Crippen molar-refractivity contribution in [1.82, 2.24) is 9.62 Å². The maximum atomic E-state index is 11.4. The Morgan fingerprint density at radius 1 is 1.12 bits per heavy atom. The Balaban J connectivity index is 0.00000144. The molecule has 2 rings (SSSR count). The molecule has 2 aliphatic heterocycles. The first-order chi connectivity index (χ1) is 7.57. The van der Waals surface area contributed by atoms with Gasteiger partial charge in [0.15, 0.2) is 0 Å². The van der Waals surface area contributed by atoms with Crippen molar-refractivity contribution in [3.05, 3.63) is 0 Å². The summed E-state index contributed by atoms with van der Waals surface area (Å²) in [6, 6.07) is 0.635. The molecule has 1 unspecified atom stereocenters. The summed E-state index contributed by atoms with van der Waals surface area (Å²) in [6.07, 6.45) is 7.23. The molecule has 0 bridgehead atoms. The first-order valence-electron chi connectivity index (χ1n) is 6.26. The van der Waals surface area contributed by atoms with Gasteiger partial charge in [0, 0.05) is 19.1 Å². The molecule has 0 saturated carbocycles. The lowest BCUT2D eigenvalue weighted by Crippen LogP contribution is -2.46. The average Bonchev–Trinajstić information content (AvgIpc) is 2.29. The van der Waals surface area contributed by atoms with Gasteiger partial charge in [-0.15, -0.1) is 12.4 Å². The minimum absolute atomic E-state index is 0. The van der Waals surface area contributed by atoms with Gasteiger partial charge in [0.25, 0.3) is 0 Å². The maximum Gasteiger partial charge on any atom is 0.211 e. The van der Waals surface area contributed by atoms with E-state index < -0.39 is 10.0 Å². The summed E-state index contributed by atoms with van der Waals surface area (Å²) >= 11 is 0. The lowest BCUT2D eigenvalue weighted by Gasteiger charge is -2.37. The van der Waals surface area contributed by atoms with Gasteiger partial charge in [-0.2, -0.15) is 0 Å². The lowest BCUT2D eigenvalue weighted by atomic mass is 9.85. The summed E-state index contributed by atoms with van der Waals surface area (Å²) in [5, 5.41) is 3.57. The highest BCUT2D eigenvalue weighted by Gasteiger charge is 2.30. The second kappa shape index (κ2) is 6.36. The van der Waals surface area contributed by atoms with E-state index in [1.54, 1.807) is 4.31 Å². The molecule has 0 aromatic rings. The molecule has 0 aliphatic carbocycles. The normalized spacial score (nSPS) is 28.6. The molecule has 2 aliphatic rings. The van der Waals surface area contributed by atoms with Crippen LogP contribution in [0.5, 0.6) is 0 Å². The highest BCUT2D eigenvalue weighted by molar-refractivity contribution is 7.88. The summed E-state index contributed by atoms with van der Waals surface area (Å²) in [5.74, 6) is 0.679. The van der Waals surface area contributed by atoms with Crippen LogP contribution >= 0.6 is 12.4 Å². The predicted molar refractivity (Wildman–Crippen MR) is 72.0 cm³/mol. The Hall–Kier alpha value is 0.160. The summed E-state index contributed by atoms with van der Waals surface area (Å²) in [5.41, 5.74) is 0. The topological polar surface area (TPSA) is 49.4 Å². The molecule has 0 aromatic carbocycles. The van der Waals surface area contributed by atoms with Gasteiger partial charge in [0.05, 0.1) is 6.26 Å². The number of sulfonamides is 1. The van der Waals surface area contributed by atoms with Crippen LogP contribution in [0.1, 0.15) is 32.1 Å². The molecular weight excluding hydrogens is 260 g/mol. The van der Waals surface area contributed by atoms with E-state index in [1.165, 1.54) is 25.5 Å². The highest BCUT2D eigenvalue weighted by atomic mass is 35.5. The maximum absolute atomic E-state index is 11.4. The van der Waals surface area contributed by atoms with E-state index in [0.717, 1.165) is 19.4 Å². The standard InChI is InChI=1S/C11H22N2O2S.ClH/c1-16(14,15)13-8-5-10(6-9-13)11-4-2-3-7-12-11;/h10-12H,2-9H2,1H3;1H. The smallest absolute Gasteiger partial charge is 0.211 e. The van der Waals surface area contributed by atoms with Gasteiger partial charge in [0.1, 0.15) is 0 Å². The predicted octanol–water partition coefficient (Wildman–Crippen LogP) is 1.22. The third kappa shape index (κ3) is 4.09. The molecular formula is C11H23ClN2O2S. The van der Waals surface area contributed by atoms with E-state index >= 15 is 0 Å². The van der Waals surface area contributed by atoms with Crippen molar-refractivity contribution >= 4 is 22.4 Å². The molecule has 102 valence electrons. The van der Waals surface area contributed by atoms with Crippen LogP contribution in [0, 0.1) is 5.92 Å². The number of halogens is 1. The van der Waals surface area contributed by atoms with Crippen molar-refractivity contribution in [1.29, 1.82) is 0 Å². The Morgan fingerprint density at radius 2 is 1.76 bits per heavy atom. The fraction of sp³-hybridized carbons (Fsp3) is 1.00. The summed E-state index contributed by atoms with van der Waals surface area (Å²) < 4.78 is 24.4. The van der Waals surface area contributed by atoms with Gasteiger partial charge < -0.3 is 5.32 Å². The number of nitrogens with zero attached hydrogens (tertiary/aromatic N) is 1. The zero-order valence-corrected chi connectivity index (χ0v) is 12.0. The van der Waals surface area contributed by atoms with E-state index in [0.29, 0.717) is 25.0 Å². The van der Waals surface area contributed by atoms with E-state index in [9.17, 15) is 8.42 Å². The highest BCUT2D eigenvalue weighted by Crippen LogP contribution is 2.26. The lowest BCUT2D eigenvalue weighted by molar-refractivity contribution is 0.202. The van der Waals surface area contributed by atoms with Gasteiger partial charge in [0.2, 0.25) is 10.0 Å². The molecule has 0 radical (unpaired) electrons. The fourth-order valence-corrected chi connectivity index (χ4v) is 3.77. The summed E-state index contributed by atoms with van der Waals surface area (Å²) in [4.78, 5) is 0.